The molecule has 1 atom stereocenters. The summed E-state index contributed by atoms with van der Waals surface area (Å²) in [7, 11) is -1.95. The van der Waals surface area contributed by atoms with Crippen molar-refractivity contribution in [2.45, 2.75) is 24.9 Å². The number of phenols is 1. The summed E-state index contributed by atoms with van der Waals surface area (Å²) in [6, 6.07) is 7.12. The average Bonchev–Trinajstić information content (AvgIpc) is 2.51. The molecule has 0 heterocycles. The number of alkyl halides is 3. The number of hydrogen-bond donors (Lipinski definition) is 2. The van der Waals surface area contributed by atoms with Crippen molar-refractivity contribution in [3.05, 3.63) is 64.1 Å². The first-order valence-electron chi connectivity index (χ1n) is 6.89. The highest BCUT2D eigenvalue weighted by atomic mass is 32.2. The number of halogens is 3. The zero-order chi connectivity index (χ0) is 18.1. The second-order valence-corrected chi connectivity index (χ2v) is 6.59. The third-order valence-corrected chi connectivity index (χ3v) is 4.56. The molecule has 0 saturated heterocycles. The third kappa shape index (κ3) is 3.97. The van der Waals surface area contributed by atoms with E-state index < -0.39 is 22.5 Å². The Hall–Kier alpha value is -2.28. The number of aromatic hydroxyl groups is 1. The van der Waals surface area contributed by atoms with Crippen molar-refractivity contribution in [1.29, 1.82) is 0 Å². The molecule has 7 heteroatoms. The van der Waals surface area contributed by atoms with Crippen LogP contribution in [0.4, 0.5) is 13.2 Å². The lowest BCUT2D eigenvalue weighted by atomic mass is 10.1. The zero-order valence-corrected chi connectivity index (χ0v) is 13.7. The number of phenolic OH excluding ortho intramolecular Hbond substituents is 1. The van der Waals surface area contributed by atoms with Crippen LogP contribution in [0.3, 0.4) is 0 Å². The summed E-state index contributed by atoms with van der Waals surface area (Å²) in [5.74, 6) is -0.248. The largest absolute Gasteiger partial charge is 0.507 e. The Morgan fingerprint density at radius 2 is 1.71 bits per heavy atom. The summed E-state index contributed by atoms with van der Waals surface area (Å²) >= 11 is 0. The van der Waals surface area contributed by atoms with Crippen molar-refractivity contribution in [2.75, 3.05) is 0 Å². The van der Waals surface area contributed by atoms with Gasteiger partial charge in [0.2, 0.25) is 0 Å². The smallest absolute Gasteiger partial charge is 0.416 e. The van der Waals surface area contributed by atoms with E-state index in [0.717, 1.165) is 23.6 Å². The maximum absolute atomic E-state index is 12.7. The monoisotopic (exact) mass is 356 g/mol. The van der Waals surface area contributed by atoms with Crippen molar-refractivity contribution in [3.8, 4) is 5.75 Å². The van der Waals surface area contributed by atoms with E-state index in [4.69, 9.17) is 0 Å². The van der Waals surface area contributed by atoms with Gasteiger partial charge in [0.15, 0.2) is 0 Å². The Morgan fingerprint density at radius 3 is 2.25 bits per heavy atom. The second kappa shape index (κ2) is 6.68. The quantitative estimate of drug-likeness (QED) is 0.784. The normalized spacial score (nSPS) is 13.8. The maximum atomic E-state index is 12.7. The Balaban J connectivity index is 2.36. The van der Waals surface area contributed by atoms with Crippen LogP contribution in [0.5, 0.6) is 5.75 Å². The minimum Gasteiger partial charge on any atom is -0.507 e. The fraction of sp³-hybridized carbons (Fsp3) is 0.176. The van der Waals surface area contributed by atoms with E-state index in [1.807, 2.05) is 0 Å². The van der Waals surface area contributed by atoms with E-state index in [0.29, 0.717) is 16.7 Å². The number of hydrogen-bond acceptors (Lipinski definition) is 3. The van der Waals surface area contributed by atoms with E-state index in [1.54, 1.807) is 13.8 Å². The highest BCUT2D eigenvalue weighted by Gasteiger charge is 2.30. The van der Waals surface area contributed by atoms with Gasteiger partial charge in [0.05, 0.1) is 16.4 Å². The molecule has 0 bridgehead atoms. The minimum absolute atomic E-state index is 0.0661. The minimum atomic E-state index is -4.53. The number of aryl methyl sites for hydroxylation is 2. The lowest BCUT2D eigenvalue weighted by molar-refractivity contribution is -0.137. The van der Waals surface area contributed by atoms with E-state index in [9.17, 15) is 27.6 Å². The van der Waals surface area contributed by atoms with Crippen molar-refractivity contribution in [1.82, 2.24) is 0 Å². The van der Waals surface area contributed by atoms with Gasteiger partial charge in [-0.05, 0) is 55.3 Å². The highest BCUT2D eigenvalue weighted by Crippen LogP contribution is 2.31. The van der Waals surface area contributed by atoms with Gasteiger partial charge in [-0.25, -0.2) is 4.21 Å². The van der Waals surface area contributed by atoms with Crippen LogP contribution < -0.4 is 0 Å². The van der Waals surface area contributed by atoms with Crippen molar-refractivity contribution in [3.63, 3.8) is 0 Å². The molecule has 0 aromatic heterocycles. The predicted octanol–water partition coefficient (Wildman–Crippen LogP) is 4.69. The second-order valence-electron chi connectivity index (χ2n) is 5.28. The number of benzene rings is 2. The molecule has 1 unspecified atom stereocenters. The number of rotatable bonds is 3. The predicted molar refractivity (Wildman–Crippen MR) is 86.0 cm³/mol. The summed E-state index contributed by atoms with van der Waals surface area (Å²) in [4.78, 5) is -0.0661. The SMILES string of the molecule is Cc1cc(C(O)=CS(=O)c2cccc(C(F)(F)F)c2)cc(C)c1O. The molecule has 3 nitrogen and oxygen atoms in total. The first-order chi connectivity index (χ1) is 11.1. The van der Waals surface area contributed by atoms with Crippen LogP contribution in [0.15, 0.2) is 46.7 Å². The van der Waals surface area contributed by atoms with Crippen LogP contribution in [0, 0.1) is 13.8 Å². The molecular weight excluding hydrogens is 341 g/mol. The van der Waals surface area contributed by atoms with Gasteiger partial charge in [0, 0.05) is 15.9 Å². The van der Waals surface area contributed by atoms with E-state index in [-0.39, 0.29) is 16.4 Å². The van der Waals surface area contributed by atoms with Gasteiger partial charge in [-0.1, -0.05) is 6.07 Å². The van der Waals surface area contributed by atoms with Crippen LogP contribution in [0.2, 0.25) is 0 Å². The van der Waals surface area contributed by atoms with Crippen LogP contribution >= 0.6 is 0 Å². The summed E-state index contributed by atoms with van der Waals surface area (Å²) in [5, 5.41) is 20.8. The van der Waals surface area contributed by atoms with Crippen LogP contribution in [0.25, 0.3) is 5.76 Å². The Bertz CT molecular complexity index is 803. The van der Waals surface area contributed by atoms with E-state index >= 15 is 0 Å². The Labute approximate surface area is 139 Å². The van der Waals surface area contributed by atoms with Gasteiger partial charge in [-0.15, -0.1) is 0 Å². The lowest BCUT2D eigenvalue weighted by Crippen LogP contribution is -2.05. The van der Waals surface area contributed by atoms with Gasteiger partial charge in [-0.3, -0.25) is 0 Å². The molecule has 0 spiro atoms. The van der Waals surface area contributed by atoms with Crippen LogP contribution in [-0.4, -0.2) is 14.4 Å². The van der Waals surface area contributed by atoms with Crippen LogP contribution in [-0.2, 0) is 17.0 Å². The molecule has 0 aliphatic heterocycles. The maximum Gasteiger partial charge on any atom is 0.416 e. The summed E-state index contributed by atoms with van der Waals surface area (Å²) in [6.45, 7) is 3.28. The molecule has 0 amide bonds. The molecule has 2 aromatic rings. The first-order valence-corrected chi connectivity index (χ1v) is 8.10. The van der Waals surface area contributed by atoms with E-state index in [2.05, 4.69) is 0 Å². The van der Waals surface area contributed by atoms with Crippen molar-refractivity contribution >= 4 is 16.6 Å². The Kier molecular flexibility index (Phi) is 5.03. The first kappa shape index (κ1) is 18.1. The average molecular weight is 356 g/mol. The fourth-order valence-corrected chi connectivity index (χ4v) is 3.07. The molecule has 24 heavy (non-hydrogen) atoms. The van der Waals surface area contributed by atoms with Gasteiger partial charge in [0.25, 0.3) is 0 Å². The summed E-state index contributed by atoms with van der Waals surface area (Å²) in [6.07, 6.45) is -4.53. The number of aliphatic hydroxyl groups is 1. The van der Waals surface area contributed by atoms with Gasteiger partial charge >= 0.3 is 6.18 Å². The molecule has 0 fully saturated rings. The summed E-state index contributed by atoms with van der Waals surface area (Å²) < 4.78 is 50.3. The molecule has 2 N–H and O–H groups in total. The zero-order valence-electron chi connectivity index (χ0n) is 12.9. The van der Waals surface area contributed by atoms with Gasteiger partial charge < -0.3 is 10.2 Å². The Morgan fingerprint density at radius 1 is 1.12 bits per heavy atom. The molecule has 0 aliphatic carbocycles. The summed E-state index contributed by atoms with van der Waals surface area (Å²) in [5.41, 5.74) is 0.463. The van der Waals surface area contributed by atoms with Crippen molar-refractivity contribution in [2.24, 2.45) is 0 Å². The van der Waals surface area contributed by atoms with Crippen molar-refractivity contribution < 1.29 is 27.6 Å². The van der Waals surface area contributed by atoms with Crippen LogP contribution in [0.1, 0.15) is 22.3 Å². The highest BCUT2D eigenvalue weighted by molar-refractivity contribution is 7.88. The lowest BCUT2D eigenvalue weighted by Gasteiger charge is -2.09. The molecule has 2 rings (SSSR count). The topological polar surface area (TPSA) is 57.5 Å². The van der Waals surface area contributed by atoms with Gasteiger partial charge in [0.1, 0.15) is 11.5 Å². The fourth-order valence-electron chi connectivity index (χ4n) is 2.14. The molecule has 0 saturated carbocycles. The van der Waals surface area contributed by atoms with E-state index in [1.165, 1.54) is 18.2 Å². The molecular formula is C17H15F3O3S. The third-order valence-electron chi connectivity index (χ3n) is 3.40. The molecule has 2 aromatic carbocycles. The number of aliphatic hydroxyl groups excluding tert-OH is 1. The molecule has 128 valence electrons. The standard InChI is InChI=1S/C17H15F3O3S/c1-10-6-12(7-11(2)16(10)22)15(21)9-24(23)14-5-3-4-13(8-14)17(18,19)20/h3-9,21-22H,1-2H3. The molecule has 0 aliphatic rings. The van der Waals surface area contributed by atoms with Gasteiger partial charge in [-0.2, -0.15) is 13.2 Å². The molecule has 0 radical (unpaired) electrons.